The Hall–Kier alpha value is -2.96. The molecule has 2 aromatic rings. The van der Waals surface area contributed by atoms with Crippen molar-refractivity contribution in [3.05, 3.63) is 65.7 Å². The SMILES string of the molecule is CC(C)C1(Oc2ccc(C(=O)OC(c3ccccc3)C(F)(F)C(=O)[O-])cc2)C2CC3CC(C2)CC1C3. The number of hydrogen-bond acceptors (Lipinski definition) is 5. The van der Waals surface area contributed by atoms with E-state index in [1.807, 2.05) is 0 Å². The molecule has 4 saturated carbocycles. The van der Waals surface area contributed by atoms with Crippen LogP contribution < -0.4 is 9.84 Å². The highest BCUT2D eigenvalue weighted by atomic mass is 19.3. The van der Waals surface area contributed by atoms with Crippen molar-refractivity contribution in [1.29, 1.82) is 0 Å². The van der Waals surface area contributed by atoms with Crippen molar-refractivity contribution in [1.82, 2.24) is 0 Å². The van der Waals surface area contributed by atoms with Crippen molar-refractivity contribution in [2.24, 2.45) is 29.6 Å². The topological polar surface area (TPSA) is 75.7 Å². The highest BCUT2D eigenvalue weighted by molar-refractivity contribution is 5.90. The van der Waals surface area contributed by atoms with Crippen molar-refractivity contribution in [3.63, 3.8) is 0 Å². The monoisotopic (exact) mass is 497 g/mol. The number of halogens is 2. The van der Waals surface area contributed by atoms with E-state index in [1.165, 1.54) is 68.5 Å². The molecule has 4 bridgehead atoms. The van der Waals surface area contributed by atoms with Crippen LogP contribution in [0.15, 0.2) is 54.6 Å². The van der Waals surface area contributed by atoms with Crippen molar-refractivity contribution < 1.29 is 33.0 Å². The molecule has 1 atom stereocenters. The fourth-order valence-corrected chi connectivity index (χ4v) is 7.27. The lowest BCUT2D eigenvalue weighted by atomic mass is 9.47. The van der Waals surface area contributed by atoms with Gasteiger partial charge >= 0.3 is 11.9 Å². The van der Waals surface area contributed by atoms with Gasteiger partial charge in [-0.15, -0.1) is 0 Å². The lowest BCUT2D eigenvalue weighted by Crippen LogP contribution is -2.63. The average Bonchev–Trinajstić information content (AvgIpc) is 2.84. The minimum Gasteiger partial charge on any atom is -0.544 e. The molecule has 2 aromatic carbocycles. The molecule has 36 heavy (non-hydrogen) atoms. The lowest BCUT2D eigenvalue weighted by molar-refractivity contribution is -0.336. The fraction of sp³-hybridized carbons (Fsp3) is 0.517. The summed E-state index contributed by atoms with van der Waals surface area (Å²) in [6.07, 6.45) is 3.82. The molecule has 1 unspecified atom stereocenters. The molecule has 0 aliphatic heterocycles. The number of carbonyl (C=O) groups excluding carboxylic acids is 2. The Balaban J connectivity index is 1.35. The Morgan fingerprint density at radius 3 is 1.97 bits per heavy atom. The van der Waals surface area contributed by atoms with E-state index in [9.17, 15) is 23.5 Å². The molecule has 0 saturated heterocycles. The van der Waals surface area contributed by atoms with Gasteiger partial charge < -0.3 is 19.4 Å². The highest BCUT2D eigenvalue weighted by Gasteiger charge is 2.60. The second-order valence-electron chi connectivity index (χ2n) is 11.0. The van der Waals surface area contributed by atoms with Gasteiger partial charge in [-0.2, -0.15) is 8.78 Å². The van der Waals surface area contributed by atoms with Gasteiger partial charge in [0.05, 0.1) is 5.56 Å². The van der Waals surface area contributed by atoms with Crippen LogP contribution in [0, 0.1) is 29.6 Å². The van der Waals surface area contributed by atoms with E-state index in [4.69, 9.17) is 9.47 Å². The minimum absolute atomic E-state index is 0.0288. The normalized spacial score (nSPS) is 29.7. The van der Waals surface area contributed by atoms with Crippen molar-refractivity contribution in [2.75, 3.05) is 0 Å². The molecule has 0 N–H and O–H groups in total. The second kappa shape index (κ2) is 9.16. The number of benzene rings is 2. The Morgan fingerprint density at radius 2 is 1.47 bits per heavy atom. The zero-order valence-corrected chi connectivity index (χ0v) is 20.5. The standard InChI is InChI=1S/C29H32F2O5/c1-17(2)28(22-13-18-12-19(15-22)16-23(28)14-18)36-24-10-8-21(9-11-24)26(32)35-25(29(30,31)27(33)34)20-6-4-3-5-7-20/h3-11,17-19,22-23,25H,12-16H2,1-2H3,(H,33,34)/p-1. The Morgan fingerprint density at radius 1 is 0.917 bits per heavy atom. The minimum atomic E-state index is -4.40. The zero-order valence-electron chi connectivity index (χ0n) is 20.5. The molecule has 0 spiro atoms. The van der Waals surface area contributed by atoms with Gasteiger partial charge in [0.2, 0.25) is 0 Å². The molecule has 192 valence electrons. The van der Waals surface area contributed by atoms with Crippen molar-refractivity contribution in [3.8, 4) is 5.75 Å². The molecule has 6 rings (SSSR count). The third-order valence-corrected chi connectivity index (χ3v) is 8.63. The van der Waals surface area contributed by atoms with Gasteiger partial charge in [0, 0.05) is 0 Å². The van der Waals surface area contributed by atoms with Gasteiger partial charge in [0.1, 0.15) is 17.3 Å². The van der Waals surface area contributed by atoms with E-state index in [1.54, 1.807) is 18.2 Å². The van der Waals surface area contributed by atoms with E-state index in [-0.39, 0.29) is 16.7 Å². The summed E-state index contributed by atoms with van der Waals surface area (Å²) in [5.41, 5.74) is -0.355. The number of rotatable bonds is 8. The summed E-state index contributed by atoms with van der Waals surface area (Å²) in [6.45, 7) is 4.43. The number of hydrogen-bond donors (Lipinski definition) is 0. The number of aliphatic carboxylic acids is 1. The quantitative estimate of drug-likeness (QED) is 0.469. The van der Waals surface area contributed by atoms with Crippen LogP contribution in [0.3, 0.4) is 0 Å². The maximum absolute atomic E-state index is 14.4. The van der Waals surface area contributed by atoms with Crippen LogP contribution in [0.4, 0.5) is 8.78 Å². The summed E-state index contributed by atoms with van der Waals surface area (Å²) >= 11 is 0. The van der Waals surface area contributed by atoms with E-state index in [2.05, 4.69) is 13.8 Å². The molecular weight excluding hydrogens is 466 g/mol. The number of ether oxygens (including phenoxy) is 2. The first-order valence-electron chi connectivity index (χ1n) is 12.8. The van der Waals surface area contributed by atoms with Crippen LogP contribution in [0.5, 0.6) is 5.75 Å². The maximum Gasteiger partial charge on any atom is 0.338 e. The van der Waals surface area contributed by atoms with E-state index < -0.39 is 24.0 Å². The second-order valence-corrected chi connectivity index (χ2v) is 11.0. The first-order chi connectivity index (χ1) is 17.1. The lowest BCUT2D eigenvalue weighted by Gasteiger charge is -2.62. The molecule has 4 aliphatic rings. The number of carboxylic acids is 1. The number of carbonyl (C=O) groups is 2. The van der Waals surface area contributed by atoms with E-state index >= 15 is 0 Å². The van der Waals surface area contributed by atoms with Gasteiger partial charge in [0.15, 0.2) is 6.10 Å². The fourth-order valence-electron chi connectivity index (χ4n) is 7.27. The van der Waals surface area contributed by atoms with Crippen LogP contribution in [-0.2, 0) is 9.53 Å². The average molecular weight is 498 g/mol. The molecule has 0 radical (unpaired) electrons. The molecule has 4 fully saturated rings. The van der Waals surface area contributed by atoms with Gasteiger partial charge in [-0.1, -0.05) is 44.2 Å². The van der Waals surface area contributed by atoms with Gasteiger partial charge in [-0.05, 0) is 91.5 Å². The molecule has 0 aromatic heterocycles. The summed E-state index contributed by atoms with van der Waals surface area (Å²) < 4.78 is 40.6. The molecule has 5 nitrogen and oxygen atoms in total. The van der Waals surface area contributed by atoms with Crippen molar-refractivity contribution in [2.45, 2.75) is 63.6 Å². The predicted octanol–water partition coefficient (Wildman–Crippen LogP) is 5.20. The maximum atomic E-state index is 14.4. The Bertz CT molecular complexity index is 1080. The number of esters is 1. The third-order valence-electron chi connectivity index (χ3n) is 8.63. The van der Waals surface area contributed by atoms with Crippen LogP contribution in [-0.4, -0.2) is 23.5 Å². The summed E-state index contributed by atoms with van der Waals surface area (Å²) in [6, 6.07) is 13.4. The summed E-state index contributed by atoms with van der Waals surface area (Å²) in [5.74, 6) is -4.47. The molecule has 0 amide bonds. The van der Waals surface area contributed by atoms with Crippen LogP contribution in [0.25, 0.3) is 0 Å². The van der Waals surface area contributed by atoms with E-state index in [0.717, 1.165) is 11.8 Å². The van der Waals surface area contributed by atoms with Crippen LogP contribution in [0.2, 0.25) is 0 Å². The predicted molar refractivity (Wildman–Crippen MR) is 126 cm³/mol. The van der Waals surface area contributed by atoms with Crippen LogP contribution >= 0.6 is 0 Å². The first kappa shape index (κ1) is 24.7. The summed E-state index contributed by atoms with van der Waals surface area (Å²) in [5, 5.41) is 11.1. The highest BCUT2D eigenvalue weighted by Crippen LogP contribution is 2.61. The van der Waals surface area contributed by atoms with E-state index in [0.29, 0.717) is 23.5 Å². The zero-order chi connectivity index (χ0) is 25.7. The first-order valence-corrected chi connectivity index (χ1v) is 12.8. The number of carboxylic acid groups (broad SMARTS) is 1. The molecule has 7 heteroatoms. The number of alkyl halides is 2. The van der Waals surface area contributed by atoms with Gasteiger partial charge in [-0.25, -0.2) is 4.79 Å². The third kappa shape index (κ3) is 4.16. The van der Waals surface area contributed by atoms with Gasteiger partial charge in [-0.3, -0.25) is 0 Å². The smallest absolute Gasteiger partial charge is 0.338 e. The van der Waals surface area contributed by atoms with Crippen molar-refractivity contribution >= 4 is 11.9 Å². The Labute approximate surface area is 209 Å². The largest absolute Gasteiger partial charge is 0.544 e. The summed E-state index contributed by atoms with van der Waals surface area (Å²) in [4.78, 5) is 23.9. The summed E-state index contributed by atoms with van der Waals surface area (Å²) in [7, 11) is 0. The van der Waals surface area contributed by atoms with Gasteiger partial charge in [0.25, 0.3) is 0 Å². The van der Waals surface area contributed by atoms with Crippen LogP contribution in [0.1, 0.15) is 68.0 Å². The molecule has 4 aliphatic carbocycles. The Kier molecular flexibility index (Phi) is 6.29. The molecule has 0 heterocycles. The molecular formula is C29H31F2O5-.